The van der Waals surface area contributed by atoms with E-state index in [2.05, 4.69) is 0 Å². The van der Waals surface area contributed by atoms with Crippen LogP contribution in [0.25, 0.3) is 28.0 Å². The Morgan fingerprint density at radius 1 is 0.840 bits per heavy atom. The van der Waals surface area contributed by atoms with E-state index in [4.69, 9.17) is 28.2 Å². The molecule has 0 aliphatic heterocycles. The molecule has 0 fully saturated rings. The van der Waals surface area contributed by atoms with Crippen molar-refractivity contribution >= 4 is 34.1 Å². The molecule has 0 atom stereocenters. The monoisotopic (exact) mass is 366 g/mol. The van der Waals surface area contributed by atoms with Gasteiger partial charge in [0.1, 0.15) is 5.82 Å². The second-order valence-corrected chi connectivity index (χ2v) is 6.40. The third-order valence-electron chi connectivity index (χ3n) is 3.96. The number of halogens is 2. The topological polar surface area (TPSA) is 34.9 Å². The average Bonchev–Trinajstić information content (AvgIpc) is 2.63. The second kappa shape index (κ2) is 6.36. The molecular formula is C20H12Cl2N2O. The molecule has 0 N–H and O–H groups in total. The third-order valence-corrected chi connectivity index (χ3v) is 4.50. The van der Waals surface area contributed by atoms with Gasteiger partial charge in [0, 0.05) is 10.6 Å². The number of hydrogen-bond acceptors (Lipinski definition) is 2. The Bertz CT molecular complexity index is 1140. The Hall–Kier alpha value is -2.62. The third kappa shape index (κ3) is 2.82. The maximum atomic E-state index is 13.2. The smallest absolute Gasteiger partial charge is 0.266 e. The van der Waals surface area contributed by atoms with Crippen molar-refractivity contribution in [3.05, 3.63) is 93.2 Å². The molecule has 0 bridgehead atoms. The molecule has 0 unspecified atom stereocenters. The van der Waals surface area contributed by atoms with Gasteiger partial charge in [-0.25, -0.2) is 4.98 Å². The highest BCUT2D eigenvalue weighted by Crippen LogP contribution is 2.28. The summed E-state index contributed by atoms with van der Waals surface area (Å²) in [4.78, 5) is 17.9. The number of nitrogens with zero attached hydrogens (tertiary/aromatic N) is 2. The van der Waals surface area contributed by atoms with Crippen molar-refractivity contribution in [1.29, 1.82) is 0 Å². The molecule has 0 spiro atoms. The first-order valence-electron chi connectivity index (χ1n) is 7.68. The van der Waals surface area contributed by atoms with Crippen molar-refractivity contribution in [2.75, 3.05) is 0 Å². The first kappa shape index (κ1) is 15.9. The molecular weight excluding hydrogens is 355 g/mol. The molecule has 4 rings (SSSR count). The molecule has 0 saturated heterocycles. The van der Waals surface area contributed by atoms with E-state index < -0.39 is 0 Å². The van der Waals surface area contributed by atoms with Gasteiger partial charge >= 0.3 is 0 Å². The van der Waals surface area contributed by atoms with Crippen molar-refractivity contribution in [2.45, 2.75) is 0 Å². The van der Waals surface area contributed by atoms with Gasteiger partial charge in [0.05, 0.1) is 21.6 Å². The van der Waals surface area contributed by atoms with Gasteiger partial charge in [0.2, 0.25) is 0 Å². The van der Waals surface area contributed by atoms with E-state index in [-0.39, 0.29) is 5.56 Å². The van der Waals surface area contributed by atoms with Crippen molar-refractivity contribution in [1.82, 2.24) is 9.55 Å². The van der Waals surface area contributed by atoms with Crippen molar-refractivity contribution in [3.63, 3.8) is 0 Å². The molecule has 0 radical (unpaired) electrons. The maximum Gasteiger partial charge on any atom is 0.266 e. The summed E-state index contributed by atoms with van der Waals surface area (Å²) in [6.07, 6.45) is 0. The molecule has 1 heterocycles. The van der Waals surface area contributed by atoms with Crippen LogP contribution in [0.5, 0.6) is 0 Å². The summed E-state index contributed by atoms with van der Waals surface area (Å²) in [7, 11) is 0. The van der Waals surface area contributed by atoms with E-state index in [0.717, 1.165) is 5.56 Å². The highest BCUT2D eigenvalue weighted by molar-refractivity contribution is 6.35. The van der Waals surface area contributed by atoms with E-state index in [1.165, 1.54) is 4.57 Å². The minimum absolute atomic E-state index is 0.173. The predicted molar refractivity (Wildman–Crippen MR) is 103 cm³/mol. The molecule has 1 aromatic heterocycles. The van der Waals surface area contributed by atoms with E-state index >= 15 is 0 Å². The first-order valence-corrected chi connectivity index (χ1v) is 8.43. The van der Waals surface area contributed by atoms with Crippen molar-refractivity contribution < 1.29 is 0 Å². The van der Waals surface area contributed by atoms with Crippen LogP contribution in [0.15, 0.2) is 77.6 Å². The Labute approximate surface area is 154 Å². The molecule has 4 aromatic rings. The molecule has 3 aromatic carbocycles. The number of aromatic nitrogens is 2. The van der Waals surface area contributed by atoms with Crippen LogP contribution in [0.3, 0.4) is 0 Å². The van der Waals surface area contributed by atoms with Gasteiger partial charge in [0.25, 0.3) is 5.56 Å². The molecule has 0 aliphatic carbocycles. The zero-order valence-electron chi connectivity index (χ0n) is 13.0. The van der Waals surface area contributed by atoms with Crippen LogP contribution in [-0.4, -0.2) is 9.55 Å². The first-order chi connectivity index (χ1) is 12.1. The number of rotatable bonds is 2. The van der Waals surface area contributed by atoms with E-state index in [0.29, 0.717) is 32.5 Å². The fraction of sp³-hybridized carbons (Fsp3) is 0. The van der Waals surface area contributed by atoms with Gasteiger partial charge in [0.15, 0.2) is 0 Å². The van der Waals surface area contributed by atoms with E-state index in [9.17, 15) is 4.79 Å². The zero-order chi connectivity index (χ0) is 17.4. The van der Waals surface area contributed by atoms with Crippen LogP contribution in [0.4, 0.5) is 0 Å². The van der Waals surface area contributed by atoms with Crippen LogP contribution in [0, 0.1) is 0 Å². The van der Waals surface area contributed by atoms with Crippen LogP contribution < -0.4 is 5.56 Å². The number of benzene rings is 3. The normalized spacial score (nSPS) is 11.0. The summed E-state index contributed by atoms with van der Waals surface area (Å²) in [5, 5.41) is 1.44. The van der Waals surface area contributed by atoms with Crippen molar-refractivity contribution in [3.8, 4) is 17.1 Å². The number of fused-ring (bicyclic) bond motifs is 1. The lowest BCUT2D eigenvalue weighted by atomic mass is 10.1. The van der Waals surface area contributed by atoms with Gasteiger partial charge in [-0.2, -0.15) is 0 Å². The van der Waals surface area contributed by atoms with Crippen molar-refractivity contribution in [2.24, 2.45) is 0 Å². The summed E-state index contributed by atoms with van der Waals surface area (Å²) in [6.45, 7) is 0. The zero-order valence-corrected chi connectivity index (χ0v) is 14.5. The highest BCUT2D eigenvalue weighted by Gasteiger charge is 2.16. The maximum absolute atomic E-state index is 13.2. The lowest BCUT2D eigenvalue weighted by molar-refractivity contribution is 0.976. The molecule has 5 heteroatoms. The second-order valence-electron chi connectivity index (χ2n) is 5.55. The molecule has 0 saturated carbocycles. The summed E-state index contributed by atoms with van der Waals surface area (Å²) in [5.74, 6) is 0.536. The average molecular weight is 367 g/mol. The minimum atomic E-state index is -0.173. The minimum Gasteiger partial charge on any atom is -0.268 e. The largest absolute Gasteiger partial charge is 0.268 e. The van der Waals surface area contributed by atoms with Gasteiger partial charge in [-0.1, -0.05) is 65.7 Å². The molecule has 0 amide bonds. The van der Waals surface area contributed by atoms with Gasteiger partial charge in [-0.05, 0) is 30.3 Å². The summed E-state index contributed by atoms with van der Waals surface area (Å²) in [5.41, 5.74) is 1.85. The Morgan fingerprint density at radius 3 is 2.32 bits per heavy atom. The highest BCUT2D eigenvalue weighted by atomic mass is 35.5. The molecule has 25 heavy (non-hydrogen) atoms. The van der Waals surface area contributed by atoms with Crippen LogP contribution >= 0.6 is 23.2 Å². The van der Waals surface area contributed by atoms with E-state index in [1.54, 1.807) is 24.3 Å². The summed E-state index contributed by atoms with van der Waals surface area (Å²) < 4.78 is 1.54. The van der Waals surface area contributed by atoms with E-state index in [1.807, 2.05) is 48.5 Å². The summed E-state index contributed by atoms with van der Waals surface area (Å²) >= 11 is 12.4. The predicted octanol–water partition coefficient (Wildman–Crippen LogP) is 5.36. The Morgan fingerprint density at radius 2 is 1.56 bits per heavy atom. The van der Waals surface area contributed by atoms with Crippen LogP contribution in [-0.2, 0) is 0 Å². The summed E-state index contributed by atoms with van der Waals surface area (Å²) in [6, 6.07) is 21.9. The van der Waals surface area contributed by atoms with Gasteiger partial charge < -0.3 is 0 Å². The lowest BCUT2D eigenvalue weighted by Crippen LogP contribution is -2.22. The Kier molecular flexibility index (Phi) is 4.04. The fourth-order valence-electron chi connectivity index (χ4n) is 2.80. The van der Waals surface area contributed by atoms with Gasteiger partial charge in [-0.15, -0.1) is 0 Å². The fourth-order valence-corrected chi connectivity index (χ4v) is 3.29. The number of hydrogen-bond donors (Lipinski definition) is 0. The Balaban J connectivity index is 2.14. The quantitative estimate of drug-likeness (QED) is 0.478. The molecule has 3 nitrogen and oxygen atoms in total. The van der Waals surface area contributed by atoms with Gasteiger partial charge in [-0.3, -0.25) is 9.36 Å². The SMILES string of the molecule is O=c1c2ccccc2nc(-c2ccccc2)n1-c1ccc(Cl)cc1Cl. The lowest BCUT2D eigenvalue weighted by Gasteiger charge is -2.15. The van der Waals surface area contributed by atoms with Crippen LogP contribution in [0.2, 0.25) is 10.0 Å². The molecule has 0 aliphatic rings. The standard InChI is InChI=1S/C20H12Cl2N2O/c21-14-10-11-18(16(22)12-14)24-19(13-6-2-1-3-7-13)23-17-9-5-4-8-15(17)20(24)25/h1-12H. The number of para-hydroxylation sites is 1. The van der Waals surface area contributed by atoms with Crippen LogP contribution in [0.1, 0.15) is 0 Å². The molecule has 122 valence electrons.